The molecule has 0 aromatic rings. The third kappa shape index (κ3) is 0.879. The van der Waals surface area contributed by atoms with Gasteiger partial charge in [-0.25, -0.2) is 0 Å². The smallest absolute Gasteiger partial charge is 0.0405 e. The number of hydrogen-bond acceptors (Lipinski definition) is 2. The molecule has 3 atom stereocenters. The molecule has 3 rings (SSSR count). The lowest BCUT2D eigenvalue weighted by Crippen LogP contribution is -2.64. The lowest BCUT2D eigenvalue weighted by Gasteiger charge is -2.43. The van der Waals surface area contributed by atoms with Crippen molar-refractivity contribution >= 4 is 0 Å². The topological polar surface area (TPSA) is 24.1 Å². The van der Waals surface area contributed by atoms with Crippen LogP contribution < -0.4 is 10.6 Å². The predicted octanol–water partition coefficient (Wildman–Crippen LogP) is 0.265. The standard InChI is InChI=1S/C8H14N2/c1-2-7-8-4-3-6(10-7)5-9-8/h2,6-10H,1,3-5H2. The molecule has 0 radical (unpaired) electrons. The maximum Gasteiger partial charge on any atom is 0.0405 e. The number of piperazine rings is 1. The number of piperidine rings is 2. The number of nitrogens with one attached hydrogen (secondary N) is 2. The van der Waals surface area contributed by atoms with Crippen LogP contribution in [0.2, 0.25) is 0 Å². The molecule has 0 aliphatic carbocycles. The van der Waals surface area contributed by atoms with Gasteiger partial charge in [0.25, 0.3) is 0 Å². The maximum atomic E-state index is 3.80. The highest BCUT2D eigenvalue weighted by Gasteiger charge is 2.32. The Hall–Kier alpha value is -0.340. The van der Waals surface area contributed by atoms with Crippen molar-refractivity contribution < 1.29 is 0 Å². The monoisotopic (exact) mass is 138 g/mol. The minimum Gasteiger partial charge on any atom is -0.311 e. The van der Waals surface area contributed by atoms with E-state index in [-0.39, 0.29) is 0 Å². The second-order valence-electron chi connectivity index (χ2n) is 3.22. The van der Waals surface area contributed by atoms with Crippen LogP contribution >= 0.6 is 0 Å². The lowest BCUT2D eigenvalue weighted by atomic mass is 9.89. The second kappa shape index (κ2) is 2.36. The van der Waals surface area contributed by atoms with Crippen LogP contribution in [0.5, 0.6) is 0 Å². The fourth-order valence-electron chi connectivity index (χ4n) is 1.95. The highest BCUT2D eigenvalue weighted by Crippen LogP contribution is 2.18. The summed E-state index contributed by atoms with van der Waals surface area (Å²) in [6, 6.07) is 1.88. The van der Waals surface area contributed by atoms with Gasteiger partial charge in [0.1, 0.15) is 0 Å². The van der Waals surface area contributed by atoms with Crippen LogP contribution in [0.25, 0.3) is 0 Å². The summed E-state index contributed by atoms with van der Waals surface area (Å²) in [7, 11) is 0. The van der Waals surface area contributed by atoms with Crippen molar-refractivity contribution in [2.75, 3.05) is 6.54 Å². The zero-order chi connectivity index (χ0) is 6.97. The summed E-state index contributed by atoms with van der Waals surface area (Å²) < 4.78 is 0. The van der Waals surface area contributed by atoms with Gasteiger partial charge in [0.15, 0.2) is 0 Å². The van der Waals surface area contributed by atoms with Gasteiger partial charge in [0.2, 0.25) is 0 Å². The first-order chi connectivity index (χ1) is 4.90. The van der Waals surface area contributed by atoms with Crippen molar-refractivity contribution in [3.05, 3.63) is 12.7 Å². The number of hydrogen-bond donors (Lipinski definition) is 2. The quantitative estimate of drug-likeness (QED) is 0.508. The van der Waals surface area contributed by atoms with E-state index in [2.05, 4.69) is 17.2 Å². The molecule has 2 N–H and O–H groups in total. The highest BCUT2D eigenvalue weighted by molar-refractivity contribution is 5.04. The molecule has 2 heteroatoms. The summed E-state index contributed by atoms with van der Waals surface area (Å²) in [5, 5.41) is 7.01. The van der Waals surface area contributed by atoms with Gasteiger partial charge in [0, 0.05) is 24.7 Å². The van der Waals surface area contributed by atoms with E-state index in [1.165, 1.54) is 12.8 Å². The van der Waals surface area contributed by atoms with Crippen LogP contribution in [0.1, 0.15) is 12.8 Å². The molecule has 10 heavy (non-hydrogen) atoms. The van der Waals surface area contributed by atoms with E-state index in [1.807, 2.05) is 6.08 Å². The Morgan fingerprint density at radius 3 is 2.60 bits per heavy atom. The van der Waals surface area contributed by atoms with Gasteiger partial charge in [-0.05, 0) is 12.8 Å². The Labute approximate surface area is 61.7 Å². The lowest BCUT2D eigenvalue weighted by molar-refractivity contribution is 0.213. The van der Waals surface area contributed by atoms with Crippen molar-refractivity contribution in [2.45, 2.75) is 31.0 Å². The van der Waals surface area contributed by atoms with Crippen LogP contribution in [0, 0.1) is 0 Å². The van der Waals surface area contributed by atoms with Gasteiger partial charge in [-0.15, -0.1) is 6.58 Å². The first-order valence-electron chi connectivity index (χ1n) is 4.02. The molecular formula is C8H14N2. The van der Waals surface area contributed by atoms with E-state index in [1.54, 1.807) is 0 Å². The van der Waals surface area contributed by atoms with Gasteiger partial charge in [-0.3, -0.25) is 0 Å². The van der Waals surface area contributed by atoms with Gasteiger partial charge in [0.05, 0.1) is 0 Å². The van der Waals surface area contributed by atoms with Crippen LogP contribution in [0.15, 0.2) is 12.7 Å². The minimum absolute atomic E-state index is 0.521. The molecular weight excluding hydrogens is 124 g/mol. The third-order valence-corrected chi connectivity index (χ3v) is 2.57. The van der Waals surface area contributed by atoms with Gasteiger partial charge in [-0.1, -0.05) is 6.08 Å². The molecule has 3 aliphatic rings. The number of fused-ring (bicyclic) bond motifs is 3. The van der Waals surface area contributed by atoms with Crippen molar-refractivity contribution in [3.8, 4) is 0 Å². The normalized spacial score (nSPS) is 45.4. The first-order valence-corrected chi connectivity index (χ1v) is 4.02. The molecule has 2 bridgehead atoms. The molecule has 0 amide bonds. The van der Waals surface area contributed by atoms with Crippen molar-refractivity contribution in [2.24, 2.45) is 0 Å². The fourth-order valence-corrected chi connectivity index (χ4v) is 1.95. The Balaban J connectivity index is 2.07. The molecule has 0 saturated carbocycles. The molecule has 0 aromatic heterocycles. The molecule has 3 heterocycles. The highest BCUT2D eigenvalue weighted by atomic mass is 15.1. The van der Waals surface area contributed by atoms with Crippen LogP contribution in [-0.2, 0) is 0 Å². The average molecular weight is 138 g/mol. The van der Waals surface area contributed by atoms with Gasteiger partial charge >= 0.3 is 0 Å². The second-order valence-corrected chi connectivity index (χ2v) is 3.22. The zero-order valence-electron chi connectivity index (χ0n) is 6.14. The van der Waals surface area contributed by atoms with Crippen molar-refractivity contribution in [1.29, 1.82) is 0 Å². The molecule has 0 spiro atoms. The number of rotatable bonds is 1. The average Bonchev–Trinajstić information content (AvgIpc) is 2.06. The van der Waals surface area contributed by atoms with Crippen LogP contribution in [0.3, 0.4) is 0 Å². The van der Waals surface area contributed by atoms with Gasteiger partial charge < -0.3 is 10.6 Å². The van der Waals surface area contributed by atoms with E-state index < -0.39 is 0 Å². The Bertz CT molecular complexity index is 136. The maximum absolute atomic E-state index is 3.80. The molecule has 3 saturated heterocycles. The van der Waals surface area contributed by atoms with E-state index in [4.69, 9.17) is 0 Å². The molecule has 56 valence electrons. The Morgan fingerprint density at radius 1 is 1.40 bits per heavy atom. The van der Waals surface area contributed by atoms with E-state index in [0.717, 1.165) is 6.54 Å². The van der Waals surface area contributed by atoms with Crippen molar-refractivity contribution in [3.63, 3.8) is 0 Å². The molecule has 3 fully saturated rings. The van der Waals surface area contributed by atoms with Gasteiger partial charge in [-0.2, -0.15) is 0 Å². The van der Waals surface area contributed by atoms with Crippen LogP contribution in [0.4, 0.5) is 0 Å². The molecule has 3 unspecified atom stereocenters. The summed E-state index contributed by atoms with van der Waals surface area (Å²) in [6.07, 6.45) is 4.67. The molecule has 0 aromatic carbocycles. The fraction of sp³-hybridized carbons (Fsp3) is 0.750. The molecule has 2 nitrogen and oxygen atoms in total. The van der Waals surface area contributed by atoms with Crippen LogP contribution in [-0.4, -0.2) is 24.7 Å². The van der Waals surface area contributed by atoms with Crippen molar-refractivity contribution in [1.82, 2.24) is 10.6 Å². The Kier molecular flexibility index (Phi) is 1.51. The largest absolute Gasteiger partial charge is 0.311 e. The zero-order valence-corrected chi connectivity index (χ0v) is 6.14. The molecule has 3 aliphatic heterocycles. The van der Waals surface area contributed by atoms with E-state index >= 15 is 0 Å². The SMILES string of the molecule is C=CC1NC2CCC1NC2. The summed E-state index contributed by atoms with van der Waals surface area (Å²) >= 11 is 0. The summed E-state index contributed by atoms with van der Waals surface area (Å²) in [5.74, 6) is 0. The first kappa shape index (κ1) is 6.38. The van der Waals surface area contributed by atoms with E-state index in [9.17, 15) is 0 Å². The predicted molar refractivity (Wildman–Crippen MR) is 41.9 cm³/mol. The summed E-state index contributed by atoms with van der Waals surface area (Å²) in [4.78, 5) is 0. The Morgan fingerprint density at radius 2 is 2.30 bits per heavy atom. The third-order valence-electron chi connectivity index (χ3n) is 2.57. The summed E-state index contributed by atoms with van der Waals surface area (Å²) in [6.45, 7) is 4.95. The van der Waals surface area contributed by atoms with E-state index in [0.29, 0.717) is 18.1 Å². The summed E-state index contributed by atoms with van der Waals surface area (Å²) in [5.41, 5.74) is 0. The minimum atomic E-state index is 0.521.